The van der Waals surface area contributed by atoms with Crippen molar-refractivity contribution in [3.63, 3.8) is 0 Å². The fraction of sp³-hybridized carbons (Fsp3) is 0.333. The smallest absolute Gasteiger partial charge is 0.243 e. The third kappa shape index (κ3) is 1.95. The molecule has 0 bridgehead atoms. The van der Waals surface area contributed by atoms with E-state index in [1.54, 1.807) is 6.20 Å². The van der Waals surface area contributed by atoms with Gasteiger partial charge >= 0.3 is 0 Å². The molecule has 0 saturated heterocycles. The maximum atomic E-state index is 12.0. The molecule has 1 aliphatic heterocycles. The van der Waals surface area contributed by atoms with Gasteiger partial charge in [0, 0.05) is 36.4 Å². The lowest BCUT2D eigenvalue weighted by atomic mass is 9.90. The number of fused-ring (bicyclic) bond motifs is 1. The van der Waals surface area contributed by atoms with Crippen LogP contribution in [0.1, 0.15) is 19.4 Å². The Kier molecular flexibility index (Phi) is 3.18. The first-order valence-corrected chi connectivity index (χ1v) is 6.88. The molecule has 5 heteroatoms. The summed E-state index contributed by atoms with van der Waals surface area (Å²) in [6.07, 6.45) is 5.63. The van der Waals surface area contributed by atoms with Gasteiger partial charge in [0.25, 0.3) is 0 Å². The van der Waals surface area contributed by atoms with E-state index in [1.807, 2.05) is 31.5 Å². The maximum absolute atomic E-state index is 12.0. The van der Waals surface area contributed by atoms with Crippen molar-refractivity contribution in [1.29, 1.82) is 0 Å². The highest BCUT2D eigenvalue weighted by Crippen LogP contribution is 2.33. The van der Waals surface area contributed by atoms with Crippen molar-refractivity contribution in [3.05, 3.63) is 36.3 Å². The summed E-state index contributed by atoms with van der Waals surface area (Å²) in [5, 5.41) is 7.15. The molecule has 3 N–H and O–H groups in total. The molecule has 1 amide bonds. The first-order chi connectivity index (χ1) is 9.72. The Hall–Kier alpha value is -2.30. The monoisotopic (exact) mass is 270 g/mol. The van der Waals surface area contributed by atoms with Crippen molar-refractivity contribution in [3.8, 4) is 0 Å². The van der Waals surface area contributed by atoms with E-state index in [4.69, 9.17) is 0 Å². The van der Waals surface area contributed by atoms with Crippen LogP contribution in [0.15, 0.2) is 30.7 Å². The number of H-pyrrole nitrogens is 1. The second kappa shape index (κ2) is 5.00. The average molecular weight is 270 g/mol. The van der Waals surface area contributed by atoms with E-state index in [0.717, 1.165) is 22.2 Å². The first-order valence-electron chi connectivity index (χ1n) is 6.88. The number of likely N-dealkylation sites (N-methyl/N-ethyl adjacent to an activating group) is 1. The van der Waals surface area contributed by atoms with Crippen LogP contribution in [-0.2, 0) is 4.79 Å². The molecule has 0 aromatic carbocycles. The fourth-order valence-corrected chi connectivity index (χ4v) is 2.76. The lowest BCUT2D eigenvalue weighted by Crippen LogP contribution is -2.43. The van der Waals surface area contributed by atoms with Crippen LogP contribution in [0.3, 0.4) is 0 Å². The third-order valence-electron chi connectivity index (χ3n) is 3.81. The van der Waals surface area contributed by atoms with Crippen molar-refractivity contribution < 1.29 is 4.79 Å². The molecule has 0 radical (unpaired) electrons. The fourth-order valence-electron chi connectivity index (χ4n) is 2.76. The van der Waals surface area contributed by atoms with E-state index in [0.29, 0.717) is 6.54 Å². The molecular weight excluding hydrogens is 252 g/mol. The topological polar surface area (TPSA) is 69.8 Å². The van der Waals surface area contributed by atoms with Gasteiger partial charge < -0.3 is 15.6 Å². The van der Waals surface area contributed by atoms with Gasteiger partial charge in [-0.05, 0) is 30.2 Å². The molecule has 3 rings (SSSR count). The maximum Gasteiger partial charge on any atom is 0.243 e. The third-order valence-corrected chi connectivity index (χ3v) is 3.81. The van der Waals surface area contributed by atoms with Crippen molar-refractivity contribution in [1.82, 2.24) is 20.6 Å². The van der Waals surface area contributed by atoms with Crippen molar-refractivity contribution in [2.75, 3.05) is 6.54 Å². The van der Waals surface area contributed by atoms with Crippen molar-refractivity contribution >= 4 is 22.5 Å². The number of aromatic nitrogens is 2. The number of nitrogens with zero attached hydrogens (tertiary/aromatic N) is 1. The first kappa shape index (κ1) is 12.7. The van der Waals surface area contributed by atoms with Crippen LogP contribution in [0.5, 0.6) is 0 Å². The van der Waals surface area contributed by atoms with E-state index >= 15 is 0 Å². The van der Waals surface area contributed by atoms with Crippen molar-refractivity contribution in [2.45, 2.75) is 19.9 Å². The number of nitrogens with one attached hydrogen (secondary N) is 3. The van der Waals surface area contributed by atoms with Crippen LogP contribution < -0.4 is 10.6 Å². The number of hydrogen-bond acceptors (Lipinski definition) is 3. The second-order valence-electron chi connectivity index (χ2n) is 5.03. The van der Waals surface area contributed by atoms with Gasteiger partial charge in [0.15, 0.2) is 0 Å². The van der Waals surface area contributed by atoms with Crippen molar-refractivity contribution in [2.24, 2.45) is 5.92 Å². The molecule has 20 heavy (non-hydrogen) atoms. The number of carbonyl (C=O) groups is 1. The molecule has 0 aliphatic carbocycles. The van der Waals surface area contributed by atoms with Crippen LogP contribution in [-0.4, -0.2) is 28.5 Å². The number of amides is 1. The van der Waals surface area contributed by atoms with Crippen LogP contribution in [0.4, 0.5) is 0 Å². The Morgan fingerprint density at radius 2 is 2.30 bits per heavy atom. The lowest BCUT2D eigenvalue weighted by Gasteiger charge is -2.18. The summed E-state index contributed by atoms with van der Waals surface area (Å²) >= 11 is 0. The molecular formula is C15H18N4O. The molecule has 2 aromatic rings. The molecule has 0 spiro atoms. The summed E-state index contributed by atoms with van der Waals surface area (Å²) in [6.45, 7) is 4.65. The Balaban J connectivity index is 1.92. The van der Waals surface area contributed by atoms with Gasteiger partial charge in [-0.15, -0.1) is 0 Å². The zero-order valence-electron chi connectivity index (χ0n) is 11.6. The highest BCUT2D eigenvalue weighted by atomic mass is 16.2. The van der Waals surface area contributed by atoms with Gasteiger partial charge in [-0.2, -0.15) is 0 Å². The number of pyridine rings is 1. The quantitative estimate of drug-likeness (QED) is 0.794. The Bertz CT molecular complexity index is 673. The van der Waals surface area contributed by atoms with E-state index in [-0.39, 0.29) is 17.9 Å². The molecule has 2 atom stereocenters. The zero-order chi connectivity index (χ0) is 14.1. The normalized spacial score (nSPS) is 21.6. The Morgan fingerprint density at radius 1 is 1.45 bits per heavy atom. The van der Waals surface area contributed by atoms with E-state index < -0.39 is 0 Å². The van der Waals surface area contributed by atoms with Gasteiger partial charge in [0.1, 0.15) is 11.7 Å². The predicted molar refractivity (Wildman–Crippen MR) is 78.8 cm³/mol. The highest BCUT2D eigenvalue weighted by molar-refractivity contribution is 5.94. The predicted octanol–water partition coefficient (Wildman–Crippen LogP) is 1.65. The van der Waals surface area contributed by atoms with E-state index in [9.17, 15) is 4.79 Å². The molecule has 104 valence electrons. The highest BCUT2D eigenvalue weighted by Gasteiger charge is 2.32. The summed E-state index contributed by atoms with van der Waals surface area (Å²) < 4.78 is 0. The minimum atomic E-state index is -0.202. The van der Waals surface area contributed by atoms with Gasteiger partial charge in [-0.25, -0.2) is 4.98 Å². The molecule has 3 heterocycles. The number of carbonyl (C=O) groups excluding carboxylic acids is 1. The summed E-state index contributed by atoms with van der Waals surface area (Å²) in [6, 6.07) is 3.82. The lowest BCUT2D eigenvalue weighted by molar-refractivity contribution is -0.123. The summed E-state index contributed by atoms with van der Waals surface area (Å²) in [5.74, 6) is 0.174. The molecule has 5 nitrogen and oxygen atoms in total. The SMILES string of the molecule is CCNC(=O)C1NC=C(c2ccnc3[nH]ccc23)C1C. The average Bonchev–Trinajstić information content (AvgIpc) is 3.05. The van der Waals surface area contributed by atoms with Crippen LogP contribution in [0, 0.1) is 5.92 Å². The molecule has 2 aromatic heterocycles. The number of hydrogen-bond donors (Lipinski definition) is 3. The minimum Gasteiger partial charge on any atom is -0.379 e. The van der Waals surface area contributed by atoms with E-state index in [1.165, 1.54) is 0 Å². The Morgan fingerprint density at radius 3 is 3.10 bits per heavy atom. The van der Waals surface area contributed by atoms with Gasteiger partial charge in [-0.1, -0.05) is 6.92 Å². The molecule has 2 unspecified atom stereocenters. The molecule has 0 fully saturated rings. The van der Waals surface area contributed by atoms with Crippen LogP contribution in [0.2, 0.25) is 0 Å². The van der Waals surface area contributed by atoms with Crippen LogP contribution in [0.25, 0.3) is 16.6 Å². The number of aromatic amines is 1. The standard InChI is InChI=1S/C15H18N4O/c1-3-16-15(20)13-9(2)12(8-19-13)10-4-6-17-14-11(10)5-7-18-14/h4-9,13,19H,3H2,1-2H3,(H,16,20)(H,17,18). The summed E-state index contributed by atoms with van der Waals surface area (Å²) in [5.41, 5.74) is 3.15. The van der Waals surface area contributed by atoms with E-state index in [2.05, 4.69) is 27.5 Å². The molecule has 1 aliphatic rings. The van der Waals surface area contributed by atoms with Gasteiger partial charge in [0.2, 0.25) is 5.91 Å². The van der Waals surface area contributed by atoms with Gasteiger partial charge in [0.05, 0.1) is 0 Å². The Labute approximate surface area is 117 Å². The molecule has 0 saturated carbocycles. The minimum absolute atomic E-state index is 0.0469. The van der Waals surface area contributed by atoms with Crippen LogP contribution >= 0.6 is 0 Å². The number of rotatable bonds is 3. The summed E-state index contributed by atoms with van der Waals surface area (Å²) in [4.78, 5) is 19.4. The zero-order valence-corrected chi connectivity index (χ0v) is 11.6. The van der Waals surface area contributed by atoms with Gasteiger partial charge in [-0.3, -0.25) is 4.79 Å². The second-order valence-corrected chi connectivity index (χ2v) is 5.03. The summed E-state index contributed by atoms with van der Waals surface area (Å²) in [7, 11) is 0. The largest absolute Gasteiger partial charge is 0.379 e.